The predicted molar refractivity (Wildman–Crippen MR) is 113 cm³/mol. The molecule has 0 aliphatic rings. The molecule has 2 heterocycles. The van der Waals surface area contributed by atoms with E-state index in [1.165, 1.54) is 18.3 Å². The molecule has 1 amide bonds. The number of nitrogens with one attached hydrogen (secondary N) is 2. The van der Waals surface area contributed by atoms with Gasteiger partial charge in [-0.25, -0.2) is 14.4 Å². The third-order valence-electron chi connectivity index (χ3n) is 4.57. The van der Waals surface area contributed by atoms with Gasteiger partial charge in [0, 0.05) is 17.1 Å². The van der Waals surface area contributed by atoms with Crippen molar-refractivity contribution in [3.63, 3.8) is 0 Å². The maximum Gasteiger partial charge on any atom is 0.267 e. The van der Waals surface area contributed by atoms with E-state index in [4.69, 9.17) is 0 Å². The van der Waals surface area contributed by atoms with E-state index < -0.39 is 0 Å². The fraction of sp³-hybridized carbons (Fsp3) is 0.0952. The molecule has 0 unspecified atom stereocenters. The van der Waals surface area contributed by atoms with Crippen molar-refractivity contribution < 1.29 is 14.3 Å². The number of fused-ring (bicyclic) bond motifs is 1. The van der Waals surface area contributed by atoms with Gasteiger partial charge in [-0.1, -0.05) is 23.5 Å². The van der Waals surface area contributed by atoms with Gasteiger partial charge in [0.15, 0.2) is 5.13 Å². The van der Waals surface area contributed by atoms with Crippen LogP contribution in [0.1, 0.15) is 20.8 Å². The number of thiazole rings is 1. The Bertz CT molecular complexity index is 1240. The van der Waals surface area contributed by atoms with Crippen LogP contribution in [0.25, 0.3) is 10.8 Å². The molecule has 6 nitrogen and oxygen atoms in total. The Hall–Kier alpha value is -3.52. The predicted octanol–water partition coefficient (Wildman–Crippen LogP) is 5.15. The monoisotopic (exact) mass is 408 g/mol. The highest BCUT2D eigenvalue weighted by atomic mass is 32.1. The molecular weight excluding hydrogens is 391 g/mol. The van der Waals surface area contributed by atoms with Crippen LogP contribution in [0.3, 0.4) is 0 Å². The number of carbonyl (C=O) groups excluding carboxylic acids is 1. The summed E-state index contributed by atoms with van der Waals surface area (Å²) in [5.41, 5.74) is 2.02. The van der Waals surface area contributed by atoms with E-state index in [-0.39, 0.29) is 17.5 Å². The van der Waals surface area contributed by atoms with Crippen LogP contribution in [-0.4, -0.2) is 21.0 Å². The maximum atomic E-state index is 13.6. The van der Waals surface area contributed by atoms with E-state index in [9.17, 15) is 14.3 Å². The van der Waals surface area contributed by atoms with E-state index >= 15 is 0 Å². The number of anilines is 3. The second-order valence-electron chi connectivity index (χ2n) is 6.54. The zero-order valence-corrected chi connectivity index (χ0v) is 16.5. The molecule has 146 valence electrons. The molecule has 0 saturated carbocycles. The van der Waals surface area contributed by atoms with Gasteiger partial charge in [-0.2, -0.15) is 0 Å². The van der Waals surface area contributed by atoms with Gasteiger partial charge in [0.2, 0.25) is 0 Å². The molecule has 0 atom stereocenters. The number of carbonyl (C=O) groups is 1. The van der Waals surface area contributed by atoms with E-state index in [1.54, 1.807) is 37.4 Å². The lowest BCUT2D eigenvalue weighted by molar-refractivity contribution is 0.103. The van der Waals surface area contributed by atoms with Gasteiger partial charge in [-0.15, -0.1) is 0 Å². The normalized spacial score (nSPS) is 10.9. The van der Waals surface area contributed by atoms with Crippen LogP contribution < -0.4 is 10.6 Å². The molecule has 0 aliphatic carbocycles. The lowest BCUT2D eigenvalue weighted by Gasteiger charge is -2.12. The molecule has 0 aliphatic heterocycles. The number of hydrogen-bond donors (Lipinski definition) is 3. The number of phenolic OH excluding ortho intramolecular Hbond substituents is 1. The lowest BCUT2D eigenvalue weighted by Crippen LogP contribution is -2.12. The van der Waals surface area contributed by atoms with Crippen molar-refractivity contribution in [1.29, 1.82) is 0 Å². The Morgan fingerprint density at radius 2 is 1.97 bits per heavy atom. The van der Waals surface area contributed by atoms with Gasteiger partial charge < -0.3 is 15.7 Å². The third-order valence-corrected chi connectivity index (χ3v) is 5.48. The minimum Gasteiger partial charge on any atom is -0.508 e. The highest BCUT2D eigenvalue weighted by Crippen LogP contribution is 2.30. The van der Waals surface area contributed by atoms with Gasteiger partial charge >= 0.3 is 0 Å². The first-order valence-electron chi connectivity index (χ1n) is 8.80. The summed E-state index contributed by atoms with van der Waals surface area (Å²) in [6.45, 7) is 3.59. The van der Waals surface area contributed by atoms with Crippen LogP contribution in [0.4, 0.5) is 21.0 Å². The molecule has 0 fully saturated rings. The molecular formula is C21H17FN4O2S. The Balaban J connectivity index is 1.57. The summed E-state index contributed by atoms with van der Waals surface area (Å²) in [4.78, 5) is 21.5. The number of hydrogen-bond acceptors (Lipinski definition) is 6. The van der Waals surface area contributed by atoms with Crippen LogP contribution in [0, 0.1) is 19.7 Å². The van der Waals surface area contributed by atoms with E-state index in [1.807, 2.05) is 6.92 Å². The number of rotatable bonds is 4. The smallest absolute Gasteiger partial charge is 0.267 e. The third kappa shape index (κ3) is 3.74. The molecule has 0 bridgehead atoms. The second kappa shape index (κ2) is 7.48. The zero-order valence-electron chi connectivity index (χ0n) is 15.7. The first-order chi connectivity index (χ1) is 13.9. The van der Waals surface area contributed by atoms with Gasteiger partial charge in [0.25, 0.3) is 5.91 Å². The molecule has 8 heteroatoms. The highest BCUT2D eigenvalue weighted by Gasteiger charge is 2.15. The molecule has 29 heavy (non-hydrogen) atoms. The molecule has 2 aromatic heterocycles. The van der Waals surface area contributed by atoms with Crippen molar-refractivity contribution in [3.05, 3.63) is 70.6 Å². The summed E-state index contributed by atoms with van der Waals surface area (Å²) >= 11 is 1.15. The fourth-order valence-electron chi connectivity index (χ4n) is 2.98. The second-order valence-corrected chi connectivity index (χ2v) is 7.57. The minimum absolute atomic E-state index is 0.117. The van der Waals surface area contributed by atoms with Crippen molar-refractivity contribution in [2.75, 3.05) is 10.6 Å². The Morgan fingerprint density at radius 3 is 2.79 bits per heavy atom. The van der Waals surface area contributed by atoms with E-state index in [2.05, 4.69) is 20.6 Å². The van der Waals surface area contributed by atoms with Crippen LogP contribution in [0.15, 0.2) is 48.8 Å². The zero-order chi connectivity index (χ0) is 20.5. The van der Waals surface area contributed by atoms with Crippen molar-refractivity contribution in [2.24, 2.45) is 0 Å². The summed E-state index contributed by atoms with van der Waals surface area (Å²) in [6.07, 6.45) is 3.08. The molecule has 0 radical (unpaired) electrons. The average Bonchev–Trinajstić information content (AvgIpc) is 3.17. The Labute approximate surface area is 170 Å². The van der Waals surface area contributed by atoms with Gasteiger partial charge in [0.1, 0.15) is 22.3 Å². The van der Waals surface area contributed by atoms with Gasteiger partial charge in [0.05, 0.1) is 11.9 Å². The molecule has 3 N–H and O–H groups in total. The van der Waals surface area contributed by atoms with Crippen LogP contribution in [0.5, 0.6) is 5.75 Å². The van der Waals surface area contributed by atoms with E-state index in [0.29, 0.717) is 32.5 Å². The average molecular weight is 408 g/mol. The quantitative estimate of drug-likeness (QED) is 0.435. The Kier molecular flexibility index (Phi) is 4.85. The van der Waals surface area contributed by atoms with Crippen LogP contribution in [-0.2, 0) is 0 Å². The van der Waals surface area contributed by atoms with Crippen molar-refractivity contribution in [2.45, 2.75) is 13.8 Å². The van der Waals surface area contributed by atoms with Gasteiger partial charge in [-0.05, 0) is 49.1 Å². The number of amides is 1. The number of nitrogens with zero attached hydrogens (tertiary/aromatic N) is 2. The van der Waals surface area contributed by atoms with Crippen LogP contribution in [0.2, 0.25) is 0 Å². The SMILES string of the molecule is Cc1ccc(O)c(C)c1NC(=O)c1cnc(Nc2nccc3ccc(F)cc23)s1. The summed E-state index contributed by atoms with van der Waals surface area (Å²) in [5.74, 6) is -0.108. The summed E-state index contributed by atoms with van der Waals surface area (Å²) in [5, 5.41) is 17.7. The number of pyridine rings is 1. The van der Waals surface area contributed by atoms with Crippen LogP contribution >= 0.6 is 11.3 Å². The van der Waals surface area contributed by atoms with Gasteiger partial charge in [-0.3, -0.25) is 4.79 Å². The molecule has 0 spiro atoms. The highest BCUT2D eigenvalue weighted by molar-refractivity contribution is 7.17. The fourth-order valence-corrected chi connectivity index (χ4v) is 3.69. The number of phenols is 1. The maximum absolute atomic E-state index is 13.6. The number of halogens is 1. The molecule has 2 aromatic carbocycles. The molecule has 0 saturated heterocycles. The number of aromatic nitrogens is 2. The van der Waals surface area contributed by atoms with Crippen molar-refractivity contribution in [1.82, 2.24) is 9.97 Å². The summed E-state index contributed by atoms with van der Waals surface area (Å²) < 4.78 is 13.6. The number of benzene rings is 2. The Morgan fingerprint density at radius 1 is 1.14 bits per heavy atom. The minimum atomic E-state index is -0.357. The molecule has 4 aromatic rings. The van der Waals surface area contributed by atoms with E-state index in [0.717, 1.165) is 22.3 Å². The number of aromatic hydroxyl groups is 1. The summed E-state index contributed by atoms with van der Waals surface area (Å²) in [6, 6.07) is 9.60. The largest absolute Gasteiger partial charge is 0.508 e. The first-order valence-corrected chi connectivity index (χ1v) is 9.61. The topological polar surface area (TPSA) is 87.1 Å². The first kappa shape index (κ1) is 18.8. The number of aryl methyl sites for hydroxylation is 1. The van der Waals surface area contributed by atoms with Crippen molar-refractivity contribution in [3.8, 4) is 5.75 Å². The standard InChI is InChI=1S/C21H17FN4O2S/c1-11-3-6-16(27)12(2)18(11)25-20(28)17-10-24-21(29-17)26-19-15-9-14(22)5-4-13(15)7-8-23-19/h3-10,27H,1-2H3,(H,25,28)(H,23,24,26). The summed E-state index contributed by atoms with van der Waals surface area (Å²) in [7, 11) is 0. The molecule has 4 rings (SSSR count). The lowest BCUT2D eigenvalue weighted by atomic mass is 10.1. The van der Waals surface area contributed by atoms with Crippen molar-refractivity contribution >= 4 is 44.7 Å².